The molecule has 0 aromatic carbocycles. The number of ether oxygens (including phenoxy) is 1. The molecular formula is C13H20N2O2. The predicted molar refractivity (Wildman–Crippen MR) is 65.5 cm³/mol. The van der Waals surface area contributed by atoms with Gasteiger partial charge in [0.2, 0.25) is 0 Å². The van der Waals surface area contributed by atoms with Gasteiger partial charge in [-0.25, -0.2) is 0 Å². The number of hydrogen-bond acceptors (Lipinski definition) is 4. The number of hydrogen-bond donors (Lipinski definition) is 1. The van der Waals surface area contributed by atoms with E-state index >= 15 is 0 Å². The van der Waals surface area contributed by atoms with E-state index in [9.17, 15) is 5.11 Å². The second-order valence-corrected chi connectivity index (χ2v) is 4.50. The number of nitrogens with zero attached hydrogens (tertiary/aromatic N) is 2. The summed E-state index contributed by atoms with van der Waals surface area (Å²) in [5.74, 6) is 0. The zero-order valence-electron chi connectivity index (χ0n) is 10.3. The molecule has 0 aliphatic carbocycles. The highest BCUT2D eigenvalue weighted by atomic mass is 16.5. The van der Waals surface area contributed by atoms with Crippen LogP contribution in [0.4, 0.5) is 0 Å². The molecule has 17 heavy (non-hydrogen) atoms. The van der Waals surface area contributed by atoms with Gasteiger partial charge < -0.3 is 9.84 Å². The molecule has 2 rings (SSSR count). The molecule has 1 aliphatic heterocycles. The first kappa shape index (κ1) is 12.5. The van der Waals surface area contributed by atoms with Gasteiger partial charge in [0.15, 0.2) is 0 Å². The first-order valence-corrected chi connectivity index (χ1v) is 6.12. The van der Waals surface area contributed by atoms with Crippen molar-refractivity contribution in [1.82, 2.24) is 9.88 Å². The van der Waals surface area contributed by atoms with Gasteiger partial charge in [0, 0.05) is 19.7 Å². The van der Waals surface area contributed by atoms with Crippen molar-refractivity contribution in [1.29, 1.82) is 0 Å². The van der Waals surface area contributed by atoms with Gasteiger partial charge in [0.25, 0.3) is 0 Å². The lowest BCUT2D eigenvalue weighted by atomic mass is 10.2. The van der Waals surface area contributed by atoms with Crippen molar-refractivity contribution >= 4 is 0 Å². The zero-order chi connectivity index (χ0) is 12.1. The minimum absolute atomic E-state index is 0.248. The summed E-state index contributed by atoms with van der Waals surface area (Å²) in [5.41, 5.74) is 2.02. The average molecular weight is 236 g/mol. The van der Waals surface area contributed by atoms with E-state index in [0.717, 1.165) is 30.9 Å². The molecule has 0 amide bonds. The standard InChI is InChI=1S/C13H20N2O2/c1-17-10-12-5-2-4-11(14-12)8-15-7-3-6-13(15)9-16/h2,4-5,13,16H,3,6-10H2,1H3/t13-/m0/s1. The number of aliphatic hydroxyl groups excluding tert-OH is 1. The number of aliphatic hydroxyl groups is 1. The number of pyridine rings is 1. The molecule has 4 heteroatoms. The van der Waals surface area contributed by atoms with E-state index < -0.39 is 0 Å². The van der Waals surface area contributed by atoms with Gasteiger partial charge in [-0.05, 0) is 31.5 Å². The Morgan fingerprint density at radius 1 is 1.47 bits per heavy atom. The Labute approximate surface area is 102 Å². The van der Waals surface area contributed by atoms with Crippen molar-refractivity contribution in [3.8, 4) is 0 Å². The maximum atomic E-state index is 9.27. The van der Waals surface area contributed by atoms with Crippen LogP contribution < -0.4 is 0 Å². The fourth-order valence-corrected chi connectivity index (χ4v) is 2.36. The van der Waals surface area contributed by atoms with Crippen molar-refractivity contribution < 1.29 is 9.84 Å². The van der Waals surface area contributed by atoms with Crippen LogP contribution in [-0.4, -0.2) is 41.3 Å². The van der Waals surface area contributed by atoms with E-state index in [4.69, 9.17) is 4.74 Å². The van der Waals surface area contributed by atoms with Crippen molar-refractivity contribution in [2.45, 2.75) is 32.0 Å². The van der Waals surface area contributed by atoms with Crippen LogP contribution in [0.2, 0.25) is 0 Å². The van der Waals surface area contributed by atoms with E-state index in [1.807, 2.05) is 18.2 Å². The monoisotopic (exact) mass is 236 g/mol. The number of aromatic nitrogens is 1. The largest absolute Gasteiger partial charge is 0.395 e. The van der Waals surface area contributed by atoms with Crippen molar-refractivity contribution in [3.63, 3.8) is 0 Å². The molecule has 0 spiro atoms. The summed E-state index contributed by atoms with van der Waals surface area (Å²) < 4.78 is 5.08. The van der Waals surface area contributed by atoms with Crippen LogP contribution in [0.25, 0.3) is 0 Å². The third-order valence-electron chi connectivity index (χ3n) is 3.23. The van der Waals surface area contributed by atoms with Crippen molar-refractivity contribution in [2.75, 3.05) is 20.3 Å². The Bertz CT molecular complexity index is 357. The number of rotatable bonds is 5. The van der Waals surface area contributed by atoms with Gasteiger partial charge in [-0.1, -0.05) is 6.07 Å². The SMILES string of the molecule is COCc1cccc(CN2CCC[C@H]2CO)n1. The zero-order valence-corrected chi connectivity index (χ0v) is 10.3. The van der Waals surface area contributed by atoms with E-state index in [1.165, 1.54) is 6.42 Å². The molecule has 1 fully saturated rings. The molecular weight excluding hydrogens is 216 g/mol. The quantitative estimate of drug-likeness (QED) is 0.834. The van der Waals surface area contributed by atoms with Gasteiger partial charge in [-0.3, -0.25) is 9.88 Å². The lowest BCUT2D eigenvalue weighted by molar-refractivity contribution is 0.151. The van der Waals surface area contributed by atoms with Crippen LogP contribution >= 0.6 is 0 Å². The van der Waals surface area contributed by atoms with Gasteiger partial charge in [0.1, 0.15) is 0 Å². The van der Waals surface area contributed by atoms with Crippen LogP contribution in [-0.2, 0) is 17.9 Å². The third kappa shape index (κ3) is 3.25. The van der Waals surface area contributed by atoms with Crippen molar-refractivity contribution in [2.24, 2.45) is 0 Å². The number of methoxy groups -OCH3 is 1. The third-order valence-corrected chi connectivity index (χ3v) is 3.23. The molecule has 94 valence electrons. The molecule has 0 saturated carbocycles. The highest BCUT2D eigenvalue weighted by Gasteiger charge is 2.23. The molecule has 1 aromatic rings. The minimum atomic E-state index is 0.248. The summed E-state index contributed by atoms with van der Waals surface area (Å²) in [6, 6.07) is 6.33. The topological polar surface area (TPSA) is 45.6 Å². The van der Waals surface area contributed by atoms with Gasteiger partial charge in [-0.2, -0.15) is 0 Å². The molecule has 1 N–H and O–H groups in total. The molecule has 4 nitrogen and oxygen atoms in total. The van der Waals surface area contributed by atoms with Gasteiger partial charge in [0.05, 0.1) is 24.6 Å². The first-order chi connectivity index (χ1) is 8.33. The highest BCUT2D eigenvalue weighted by molar-refractivity contribution is 5.11. The second kappa shape index (κ2) is 6.10. The molecule has 1 aromatic heterocycles. The molecule has 1 atom stereocenters. The Balaban J connectivity index is 2.00. The van der Waals surface area contributed by atoms with E-state index in [2.05, 4.69) is 9.88 Å². The summed E-state index contributed by atoms with van der Waals surface area (Å²) in [7, 11) is 1.68. The van der Waals surface area contributed by atoms with Gasteiger partial charge >= 0.3 is 0 Å². The fourth-order valence-electron chi connectivity index (χ4n) is 2.36. The molecule has 0 radical (unpaired) electrons. The second-order valence-electron chi connectivity index (χ2n) is 4.50. The summed E-state index contributed by atoms with van der Waals surface area (Å²) in [5, 5.41) is 9.27. The Morgan fingerprint density at radius 2 is 2.29 bits per heavy atom. The average Bonchev–Trinajstić information content (AvgIpc) is 2.77. The summed E-state index contributed by atoms with van der Waals surface area (Å²) in [4.78, 5) is 6.85. The molecule has 1 aliphatic rings. The summed E-state index contributed by atoms with van der Waals surface area (Å²) in [6.45, 7) is 2.68. The van der Waals surface area contributed by atoms with Gasteiger partial charge in [-0.15, -0.1) is 0 Å². The van der Waals surface area contributed by atoms with Crippen molar-refractivity contribution in [3.05, 3.63) is 29.6 Å². The van der Waals surface area contributed by atoms with Crippen LogP contribution in [0.5, 0.6) is 0 Å². The van der Waals surface area contributed by atoms with Crippen LogP contribution in [0.15, 0.2) is 18.2 Å². The maximum absolute atomic E-state index is 9.27. The molecule has 0 unspecified atom stereocenters. The van der Waals surface area contributed by atoms with E-state index in [1.54, 1.807) is 7.11 Å². The summed E-state index contributed by atoms with van der Waals surface area (Å²) in [6.07, 6.45) is 2.26. The normalized spacial score (nSPS) is 20.9. The number of likely N-dealkylation sites (tertiary alicyclic amines) is 1. The Hall–Kier alpha value is -0.970. The molecule has 1 saturated heterocycles. The lowest BCUT2D eigenvalue weighted by Gasteiger charge is -2.22. The fraction of sp³-hybridized carbons (Fsp3) is 0.615. The minimum Gasteiger partial charge on any atom is -0.395 e. The summed E-state index contributed by atoms with van der Waals surface area (Å²) >= 11 is 0. The molecule has 0 bridgehead atoms. The van der Waals surface area contributed by atoms with E-state index in [0.29, 0.717) is 12.6 Å². The van der Waals surface area contributed by atoms with Crippen LogP contribution in [0.1, 0.15) is 24.2 Å². The lowest BCUT2D eigenvalue weighted by Crippen LogP contribution is -2.31. The Kier molecular flexibility index (Phi) is 4.48. The predicted octanol–water partition coefficient (Wildman–Crippen LogP) is 1.18. The smallest absolute Gasteiger partial charge is 0.0884 e. The van der Waals surface area contributed by atoms with Crippen LogP contribution in [0.3, 0.4) is 0 Å². The van der Waals surface area contributed by atoms with Crippen LogP contribution in [0, 0.1) is 0 Å². The van der Waals surface area contributed by atoms with E-state index in [-0.39, 0.29) is 6.61 Å². The highest BCUT2D eigenvalue weighted by Crippen LogP contribution is 2.18. The Morgan fingerprint density at radius 3 is 3.06 bits per heavy atom. The first-order valence-electron chi connectivity index (χ1n) is 6.12. The maximum Gasteiger partial charge on any atom is 0.0884 e. The molecule has 2 heterocycles.